The molecule has 2 rings (SSSR count). The van der Waals surface area contributed by atoms with Gasteiger partial charge in [-0.25, -0.2) is 0 Å². The van der Waals surface area contributed by atoms with Crippen LogP contribution in [0.5, 0.6) is 0 Å². The lowest BCUT2D eigenvalue weighted by Crippen LogP contribution is -2.37. The van der Waals surface area contributed by atoms with E-state index < -0.39 is 5.97 Å². The number of rotatable bonds is 6. The van der Waals surface area contributed by atoms with Crippen LogP contribution < -0.4 is 5.32 Å². The zero-order valence-corrected chi connectivity index (χ0v) is 11.3. The molecule has 20 heavy (non-hydrogen) atoms. The smallest absolute Gasteiger partial charge is 0.317 e. The number of aromatic nitrogens is 2. The Morgan fingerprint density at radius 1 is 1.50 bits per heavy atom. The first-order valence-electron chi connectivity index (χ1n) is 6.34. The molecule has 1 aromatic heterocycles. The number of nitrogens with one attached hydrogen (secondary N) is 1. The molecule has 0 unspecified atom stereocenters. The minimum Gasteiger partial charge on any atom is -0.480 e. The summed E-state index contributed by atoms with van der Waals surface area (Å²) in [5.41, 5.74) is 1.73. The number of fused-ring (bicyclic) bond motifs is 1. The molecule has 2 N–H and O–H groups in total. The van der Waals surface area contributed by atoms with Crippen LogP contribution in [0.4, 0.5) is 0 Å². The number of nitrogens with zero attached hydrogens (tertiary/aromatic N) is 3. The van der Waals surface area contributed by atoms with Crippen molar-refractivity contribution in [2.75, 3.05) is 26.8 Å². The molecule has 1 aliphatic heterocycles. The van der Waals surface area contributed by atoms with Gasteiger partial charge in [-0.3, -0.25) is 19.2 Å². The lowest BCUT2D eigenvalue weighted by Gasteiger charge is -2.25. The van der Waals surface area contributed by atoms with E-state index in [4.69, 9.17) is 9.84 Å². The molecule has 0 spiro atoms. The number of carbonyl (C=O) groups excluding carboxylic acids is 1. The molecule has 0 radical (unpaired) electrons. The topological polar surface area (TPSA) is 96.7 Å². The van der Waals surface area contributed by atoms with Crippen LogP contribution in [0.25, 0.3) is 0 Å². The summed E-state index contributed by atoms with van der Waals surface area (Å²) in [5.74, 6) is -1.02. The highest BCUT2D eigenvalue weighted by Gasteiger charge is 2.19. The van der Waals surface area contributed by atoms with E-state index in [0.717, 1.165) is 11.4 Å². The van der Waals surface area contributed by atoms with Crippen LogP contribution in [0.1, 0.15) is 11.4 Å². The molecule has 8 nitrogen and oxygen atoms in total. The number of carbonyl (C=O) groups is 2. The van der Waals surface area contributed by atoms with E-state index in [0.29, 0.717) is 26.2 Å². The van der Waals surface area contributed by atoms with Crippen molar-refractivity contribution in [1.29, 1.82) is 0 Å². The van der Waals surface area contributed by atoms with E-state index in [1.54, 1.807) is 0 Å². The average molecular weight is 282 g/mol. The number of amides is 1. The Morgan fingerprint density at radius 3 is 3.00 bits per heavy atom. The molecule has 1 amide bonds. The van der Waals surface area contributed by atoms with Gasteiger partial charge in [0.2, 0.25) is 5.91 Å². The summed E-state index contributed by atoms with van der Waals surface area (Å²) in [6.07, 6.45) is 0. The standard InChI is InChI=1S/C12H18N4O4/c1-20-8-11(17)13-5-9-4-10-6-15(7-12(18)19)2-3-16(10)14-9/h4H,2-3,5-8H2,1H3,(H,13,17)(H,18,19). The van der Waals surface area contributed by atoms with Crippen LogP contribution in [-0.4, -0.2) is 58.5 Å². The summed E-state index contributed by atoms with van der Waals surface area (Å²) in [4.78, 5) is 23.8. The molecule has 2 heterocycles. The SMILES string of the molecule is COCC(=O)NCc1cc2n(n1)CCN(CC(=O)O)C2. The van der Waals surface area contributed by atoms with Crippen molar-refractivity contribution in [2.24, 2.45) is 0 Å². The van der Waals surface area contributed by atoms with Gasteiger partial charge in [-0.1, -0.05) is 0 Å². The van der Waals surface area contributed by atoms with Gasteiger partial charge in [0.1, 0.15) is 6.61 Å². The zero-order valence-electron chi connectivity index (χ0n) is 11.3. The van der Waals surface area contributed by atoms with Gasteiger partial charge < -0.3 is 15.2 Å². The number of carboxylic acids is 1. The van der Waals surface area contributed by atoms with E-state index in [9.17, 15) is 9.59 Å². The number of aliphatic carboxylic acids is 1. The Morgan fingerprint density at radius 2 is 2.30 bits per heavy atom. The molecule has 0 fully saturated rings. The van der Waals surface area contributed by atoms with Crippen LogP contribution in [0.15, 0.2) is 6.07 Å². The van der Waals surface area contributed by atoms with Crippen molar-refractivity contribution >= 4 is 11.9 Å². The zero-order chi connectivity index (χ0) is 14.5. The third-order valence-electron chi connectivity index (χ3n) is 3.03. The van der Waals surface area contributed by atoms with Gasteiger partial charge in [-0.15, -0.1) is 0 Å². The maximum atomic E-state index is 11.3. The number of hydrogen-bond donors (Lipinski definition) is 2. The Labute approximate surface area is 116 Å². The molecule has 0 aliphatic carbocycles. The van der Waals surface area contributed by atoms with Crippen molar-refractivity contribution < 1.29 is 19.4 Å². The van der Waals surface area contributed by atoms with E-state index in [1.165, 1.54) is 7.11 Å². The van der Waals surface area contributed by atoms with Crippen molar-refractivity contribution in [3.8, 4) is 0 Å². The number of ether oxygens (including phenoxy) is 1. The molecular formula is C12H18N4O4. The first-order chi connectivity index (χ1) is 9.58. The summed E-state index contributed by atoms with van der Waals surface area (Å²) in [6.45, 7) is 2.29. The molecule has 0 saturated carbocycles. The summed E-state index contributed by atoms with van der Waals surface area (Å²) in [7, 11) is 1.46. The predicted molar refractivity (Wildman–Crippen MR) is 68.9 cm³/mol. The second-order valence-corrected chi connectivity index (χ2v) is 4.66. The second kappa shape index (κ2) is 6.49. The molecule has 0 atom stereocenters. The fraction of sp³-hybridized carbons (Fsp3) is 0.583. The Kier molecular flexibility index (Phi) is 4.70. The van der Waals surface area contributed by atoms with Gasteiger partial charge in [0.15, 0.2) is 0 Å². The van der Waals surface area contributed by atoms with Gasteiger partial charge in [-0.05, 0) is 6.07 Å². The molecule has 0 saturated heterocycles. The van der Waals surface area contributed by atoms with Crippen LogP contribution in [0.3, 0.4) is 0 Å². The van der Waals surface area contributed by atoms with E-state index in [2.05, 4.69) is 10.4 Å². The minimum absolute atomic E-state index is 0.0277. The summed E-state index contributed by atoms with van der Waals surface area (Å²) in [5, 5.41) is 15.9. The fourth-order valence-electron chi connectivity index (χ4n) is 2.16. The van der Waals surface area contributed by atoms with E-state index in [1.807, 2.05) is 15.6 Å². The average Bonchev–Trinajstić information content (AvgIpc) is 2.78. The first-order valence-corrected chi connectivity index (χ1v) is 6.34. The van der Waals surface area contributed by atoms with Crippen LogP contribution in [0, 0.1) is 0 Å². The van der Waals surface area contributed by atoms with Gasteiger partial charge in [0.25, 0.3) is 0 Å². The third-order valence-corrected chi connectivity index (χ3v) is 3.03. The summed E-state index contributed by atoms with van der Waals surface area (Å²) < 4.78 is 6.58. The lowest BCUT2D eigenvalue weighted by molar-refractivity contribution is -0.138. The molecule has 8 heteroatoms. The summed E-state index contributed by atoms with van der Waals surface area (Å²) >= 11 is 0. The highest BCUT2D eigenvalue weighted by atomic mass is 16.5. The van der Waals surface area contributed by atoms with Crippen molar-refractivity contribution in [1.82, 2.24) is 20.0 Å². The maximum Gasteiger partial charge on any atom is 0.317 e. The van der Waals surface area contributed by atoms with E-state index >= 15 is 0 Å². The van der Waals surface area contributed by atoms with Crippen molar-refractivity contribution in [3.05, 3.63) is 17.5 Å². The summed E-state index contributed by atoms with van der Waals surface area (Å²) in [6, 6.07) is 1.89. The molecule has 0 aromatic carbocycles. The Hall–Kier alpha value is -1.93. The quantitative estimate of drug-likeness (QED) is 0.698. The fourth-order valence-corrected chi connectivity index (χ4v) is 2.16. The van der Waals surface area contributed by atoms with Crippen LogP contribution >= 0.6 is 0 Å². The number of hydrogen-bond acceptors (Lipinski definition) is 5. The number of carboxylic acid groups (broad SMARTS) is 1. The molecule has 0 bridgehead atoms. The first kappa shape index (κ1) is 14.5. The molecule has 110 valence electrons. The molecular weight excluding hydrogens is 264 g/mol. The minimum atomic E-state index is -0.829. The lowest BCUT2D eigenvalue weighted by atomic mass is 10.3. The normalized spacial score (nSPS) is 14.8. The molecule has 1 aromatic rings. The van der Waals surface area contributed by atoms with Gasteiger partial charge in [0.05, 0.1) is 31.0 Å². The highest BCUT2D eigenvalue weighted by molar-refractivity contribution is 5.77. The van der Waals surface area contributed by atoms with Crippen LogP contribution in [-0.2, 0) is 34.0 Å². The number of methoxy groups -OCH3 is 1. The van der Waals surface area contributed by atoms with Crippen molar-refractivity contribution in [2.45, 2.75) is 19.6 Å². The predicted octanol–water partition coefficient (Wildman–Crippen LogP) is -0.954. The largest absolute Gasteiger partial charge is 0.480 e. The van der Waals surface area contributed by atoms with Crippen molar-refractivity contribution in [3.63, 3.8) is 0 Å². The maximum absolute atomic E-state index is 11.3. The van der Waals surface area contributed by atoms with Gasteiger partial charge >= 0.3 is 5.97 Å². The van der Waals surface area contributed by atoms with Crippen LogP contribution in [0.2, 0.25) is 0 Å². The second-order valence-electron chi connectivity index (χ2n) is 4.66. The van der Waals surface area contributed by atoms with Gasteiger partial charge in [0, 0.05) is 20.2 Å². The highest BCUT2D eigenvalue weighted by Crippen LogP contribution is 2.13. The Balaban J connectivity index is 1.91. The van der Waals surface area contributed by atoms with E-state index in [-0.39, 0.29) is 19.1 Å². The molecule has 1 aliphatic rings. The monoisotopic (exact) mass is 282 g/mol. The third kappa shape index (κ3) is 3.78. The Bertz CT molecular complexity index is 500. The van der Waals surface area contributed by atoms with Gasteiger partial charge in [-0.2, -0.15) is 5.10 Å².